The van der Waals surface area contributed by atoms with E-state index in [-0.39, 0.29) is 30.6 Å². The van der Waals surface area contributed by atoms with Gasteiger partial charge in [-0.15, -0.1) is 12.4 Å². The zero-order valence-electron chi connectivity index (χ0n) is 12.5. The first kappa shape index (κ1) is 19.4. The van der Waals surface area contributed by atoms with Gasteiger partial charge in [0.05, 0.1) is 0 Å². The Morgan fingerprint density at radius 3 is 2.43 bits per heavy atom. The number of hydrogen-bond donors (Lipinski definition) is 2. The summed E-state index contributed by atoms with van der Waals surface area (Å²) in [4.78, 5) is 25.8. The minimum absolute atomic E-state index is 0. The molecule has 118 valence electrons. The van der Waals surface area contributed by atoms with Crippen LogP contribution >= 0.6 is 12.4 Å². The van der Waals surface area contributed by atoms with Crippen LogP contribution in [0.5, 0.6) is 0 Å². The predicted molar refractivity (Wildman–Crippen MR) is 87.5 cm³/mol. The van der Waals surface area contributed by atoms with Gasteiger partial charge in [0.2, 0.25) is 11.8 Å². The monoisotopic (exact) mass is 313 g/mol. The number of para-hydroxylation sites is 1. The van der Waals surface area contributed by atoms with Crippen LogP contribution in [0.25, 0.3) is 0 Å². The van der Waals surface area contributed by atoms with E-state index in [9.17, 15) is 9.59 Å². The summed E-state index contributed by atoms with van der Waals surface area (Å²) in [5, 5.41) is 2.81. The minimum atomic E-state index is -0.505. The first-order valence-corrected chi connectivity index (χ1v) is 6.95. The number of amides is 2. The predicted octanol–water partition coefficient (Wildman–Crippen LogP) is 2.02. The highest BCUT2D eigenvalue weighted by atomic mass is 35.5. The standard InChI is InChI=1S/C15H23N3O2.ClH/c1-3-11-18(14(19)9-10-16)12(2)15(20)17-13-7-5-4-6-8-13;/h4-8,12H,3,9-11,16H2,1-2H3,(H,17,20);1H. The van der Waals surface area contributed by atoms with Crippen molar-refractivity contribution in [2.24, 2.45) is 5.73 Å². The molecule has 0 aliphatic heterocycles. The Morgan fingerprint density at radius 2 is 1.90 bits per heavy atom. The van der Waals surface area contributed by atoms with Crippen molar-refractivity contribution < 1.29 is 9.59 Å². The van der Waals surface area contributed by atoms with Crippen LogP contribution in [0.2, 0.25) is 0 Å². The lowest BCUT2D eigenvalue weighted by Gasteiger charge is -2.28. The van der Waals surface area contributed by atoms with E-state index in [4.69, 9.17) is 5.73 Å². The van der Waals surface area contributed by atoms with Crippen LogP contribution in [-0.4, -0.2) is 35.8 Å². The van der Waals surface area contributed by atoms with Crippen LogP contribution in [0.1, 0.15) is 26.7 Å². The van der Waals surface area contributed by atoms with E-state index in [1.165, 1.54) is 0 Å². The van der Waals surface area contributed by atoms with Gasteiger partial charge in [0.25, 0.3) is 0 Å². The van der Waals surface area contributed by atoms with Gasteiger partial charge >= 0.3 is 0 Å². The fraction of sp³-hybridized carbons (Fsp3) is 0.467. The van der Waals surface area contributed by atoms with E-state index in [2.05, 4.69) is 5.32 Å². The summed E-state index contributed by atoms with van der Waals surface area (Å²) in [7, 11) is 0. The highest BCUT2D eigenvalue weighted by molar-refractivity contribution is 5.96. The number of carbonyl (C=O) groups excluding carboxylic acids is 2. The van der Waals surface area contributed by atoms with Gasteiger partial charge in [-0.3, -0.25) is 9.59 Å². The molecule has 0 radical (unpaired) electrons. The van der Waals surface area contributed by atoms with E-state index in [0.29, 0.717) is 13.1 Å². The molecule has 0 spiro atoms. The van der Waals surface area contributed by atoms with Gasteiger partial charge in [-0.05, 0) is 25.5 Å². The summed E-state index contributed by atoms with van der Waals surface area (Å²) < 4.78 is 0. The Hall–Kier alpha value is -1.59. The molecular weight excluding hydrogens is 290 g/mol. The summed E-state index contributed by atoms with van der Waals surface area (Å²) in [6.45, 7) is 4.57. The molecule has 0 aromatic heterocycles. The molecule has 21 heavy (non-hydrogen) atoms. The molecule has 0 aliphatic carbocycles. The maximum absolute atomic E-state index is 12.2. The Balaban J connectivity index is 0.00000400. The molecule has 0 saturated carbocycles. The van der Waals surface area contributed by atoms with Crippen molar-refractivity contribution in [3.8, 4) is 0 Å². The normalized spacial score (nSPS) is 11.2. The highest BCUT2D eigenvalue weighted by Crippen LogP contribution is 2.09. The van der Waals surface area contributed by atoms with E-state index < -0.39 is 6.04 Å². The molecule has 5 nitrogen and oxygen atoms in total. The molecule has 3 N–H and O–H groups in total. The molecule has 0 fully saturated rings. The average molecular weight is 314 g/mol. The van der Waals surface area contributed by atoms with Crippen molar-refractivity contribution in [1.29, 1.82) is 0 Å². The number of anilines is 1. The summed E-state index contributed by atoms with van der Waals surface area (Å²) in [6, 6.07) is 8.71. The second-order valence-electron chi connectivity index (χ2n) is 4.66. The molecule has 0 aliphatic rings. The largest absolute Gasteiger partial charge is 0.331 e. The maximum Gasteiger partial charge on any atom is 0.246 e. The van der Waals surface area contributed by atoms with Crippen molar-refractivity contribution in [3.63, 3.8) is 0 Å². The molecular formula is C15H24ClN3O2. The Kier molecular flexibility index (Phi) is 9.41. The van der Waals surface area contributed by atoms with Crippen LogP contribution in [0.15, 0.2) is 30.3 Å². The molecule has 0 saturated heterocycles. The topological polar surface area (TPSA) is 75.4 Å². The van der Waals surface area contributed by atoms with Gasteiger partial charge in [-0.1, -0.05) is 25.1 Å². The van der Waals surface area contributed by atoms with Crippen molar-refractivity contribution in [1.82, 2.24) is 4.90 Å². The molecule has 1 rings (SSSR count). The SMILES string of the molecule is CCCN(C(=O)CCN)C(C)C(=O)Nc1ccccc1.Cl. The van der Waals surface area contributed by atoms with Crippen molar-refractivity contribution in [3.05, 3.63) is 30.3 Å². The van der Waals surface area contributed by atoms with Crippen LogP contribution in [0.3, 0.4) is 0 Å². The molecule has 1 unspecified atom stereocenters. The number of halogens is 1. The van der Waals surface area contributed by atoms with Crippen molar-refractivity contribution >= 4 is 29.9 Å². The molecule has 6 heteroatoms. The number of benzene rings is 1. The zero-order valence-corrected chi connectivity index (χ0v) is 13.4. The third-order valence-electron chi connectivity index (χ3n) is 3.03. The first-order valence-electron chi connectivity index (χ1n) is 6.95. The fourth-order valence-corrected chi connectivity index (χ4v) is 1.95. The lowest BCUT2D eigenvalue weighted by Crippen LogP contribution is -2.46. The van der Waals surface area contributed by atoms with Crippen LogP contribution in [0.4, 0.5) is 5.69 Å². The second kappa shape index (κ2) is 10.2. The lowest BCUT2D eigenvalue weighted by atomic mass is 10.2. The molecule has 1 aromatic carbocycles. The quantitative estimate of drug-likeness (QED) is 0.808. The Morgan fingerprint density at radius 1 is 1.29 bits per heavy atom. The summed E-state index contributed by atoms with van der Waals surface area (Å²) in [6.07, 6.45) is 1.07. The van der Waals surface area contributed by atoms with Gasteiger partial charge in [-0.2, -0.15) is 0 Å². The summed E-state index contributed by atoms with van der Waals surface area (Å²) >= 11 is 0. The number of rotatable bonds is 7. The average Bonchev–Trinajstić information content (AvgIpc) is 2.45. The number of nitrogens with one attached hydrogen (secondary N) is 1. The fourth-order valence-electron chi connectivity index (χ4n) is 1.95. The number of carbonyl (C=O) groups is 2. The Labute approximate surface area is 132 Å². The van der Waals surface area contributed by atoms with Crippen LogP contribution in [-0.2, 0) is 9.59 Å². The lowest BCUT2D eigenvalue weighted by molar-refractivity contribution is -0.138. The van der Waals surface area contributed by atoms with Gasteiger partial charge in [0, 0.05) is 25.2 Å². The molecule has 2 amide bonds. The van der Waals surface area contributed by atoms with Crippen LogP contribution in [0, 0.1) is 0 Å². The molecule has 0 heterocycles. The van der Waals surface area contributed by atoms with Gasteiger partial charge in [0.15, 0.2) is 0 Å². The number of hydrogen-bond acceptors (Lipinski definition) is 3. The van der Waals surface area contributed by atoms with E-state index in [1.54, 1.807) is 11.8 Å². The first-order chi connectivity index (χ1) is 9.60. The summed E-state index contributed by atoms with van der Waals surface area (Å²) in [5.74, 6) is -0.264. The maximum atomic E-state index is 12.2. The van der Waals surface area contributed by atoms with Gasteiger partial charge in [-0.25, -0.2) is 0 Å². The van der Waals surface area contributed by atoms with E-state index in [0.717, 1.165) is 12.1 Å². The third-order valence-corrected chi connectivity index (χ3v) is 3.03. The third kappa shape index (κ3) is 6.14. The second-order valence-corrected chi connectivity index (χ2v) is 4.66. The van der Waals surface area contributed by atoms with Gasteiger partial charge < -0.3 is 16.0 Å². The van der Waals surface area contributed by atoms with E-state index >= 15 is 0 Å². The smallest absolute Gasteiger partial charge is 0.246 e. The van der Waals surface area contributed by atoms with Gasteiger partial charge in [0.1, 0.15) is 6.04 Å². The molecule has 1 atom stereocenters. The van der Waals surface area contributed by atoms with Crippen LogP contribution < -0.4 is 11.1 Å². The molecule has 0 bridgehead atoms. The minimum Gasteiger partial charge on any atom is -0.331 e. The number of nitrogens with zero attached hydrogens (tertiary/aromatic N) is 1. The zero-order chi connectivity index (χ0) is 15.0. The van der Waals surface area contributed by atoms with Crippen molar-refractivity contribution in [2.45, 2.75) is 32.7 Å². The van der Waals surface area contributed by atoms with Crippen molar-refractivity contribution in [2.75, 3.05) is 18.4 Å². The molecule has 1 aromatic rings. The highest BCUT2D eigenvalue weighted by Gasteiger charge is 2.24. The van der Waals surface area contributed by atoms with E-state index in [1.807, 2.05) is 37.3 Å². The summed E-state index contributed by atoms with van der Waals surface area (Å²) in [5.41, 5.74) is 6.14. The number of nitrogens with two attached hydrogens (primary N) is 1. The Bertz CT molecular complexity index is 440.